The highest BCUT2D eigenvalue weighted by molar-refractivity contribution is 6.15. The Bertz CT molecular complexity index is 2280. The van der Waals surface area contributed by atoms with Gasteiger partial charge in [0.25, 0.3) is 5.91 Å². The molecule has 0 aliphatic carbocycles. The van der Waals surface area contributed by atoms with Crippen LogP contribution in [0.15, 0.2) is 121 Å². The Balaban J connectivity index is 0.983. The second kappa shape index (κ2) is 14.7. The zero-order chi connectivity index (χ0) is 36.5. The van der Waals surface area contributed by atoms with Crippen LogP contribution in [0.1, 0.15) is 77.7 Å². The predicted molar refractivity (Wildman–Crippen MR) is 200 cm³/mol. The number of nitrogens with one attached hydrogen (secondary N) is 1. The number of aliphatic hydroxyl groups is 1. The highest BCUT2D eigenvalue weighted by Gasteiger charge is 2.33. The van der Waals surface area contributed by atoms with Crippen molar-refractivity contribution in [3.63, 3.8) is 0 Å². The SMILES string of the molecule is CN(Cc1c2ccccc2cc2ccccc12)CC1CC(c2ccc(CO)cc2)OC(c2ccc(CNC(=O)c3ccc4c(c3)C(=O)OC4=O)cc2)O1. The van der Waals surface area contributed by atoms with Gasteiger partial charge in [-0.3, -0.25) is 9.69 Å². The number of likely N-dealkylation sites (N-methyl/N-ethyl adjacent to an activating group) is 1. The summed E-state index contributed by atoms with van der Waals surface area (Å²) >= 11 is 0. The standard InChI is InChI=1S/C44H38N2O7/c1-46(25-39-35-8-4-2-6-31(35)20-32-7-3-5-9-36(32)39)24-34-22-40(29-14-12-28(26-47)13-15-29)52-44(51-34)30-16-10-27(11-17-30)23-45-41(48)33-18-19-37-38(21-33)43(50)53-42(37)49/h2-21,34,40,44,47H,22-26H2,1H3,(H,45,48). The van der Waals surface area contributed by atoms with Gasteiger partial charge in [0.2, 0.25) is 0 Å². The summed E-state index contributed by atoms with van der Waals surface area (Å²) in [6, 6.07) is 39.2. The van der Waals surface area contributed by atoms with E-state index in [1.807, 2.05) is 48.5 Å². The molecular formula is C44H38N2O7. The van der Waals surface area contributed by atoms with E-state index in [-0.39, 0.29) is 48.0 Å². The van der Waals surface area contributed by atoms with E-state index >= 15 is 0 Å². The molecule has 1 fully saturated rings. The first-order valence-electron chi connectivity index (χ1n) is 17.7. The molecule has 0 spiro atoms. The number of hydrogen-bond acceptors (Lipinski definition) is 8. The first kappa shape index (κ1) is 34.4. The molecule has 2 N–H and O–H groups in total. The number of cyclic esters (lactones) is 2. The Morgan fingerprint density at radius 3 is 2.09 bits per heavy atom. The number of fused-ring (bicyclic) bond motifs is 3. The Morgan fingerprint density at radius 1 is 0.755 bits per heavy atom. The minimum atomic E-state index is -0.751. The van der Waals surface area contributed by atoms with E-state index < -0.39 is 18.2 Å². The number of carbonyl (C=O) groups excluding carboxylic acids is 3. The molecule has 3 unspecified atom stereocenters. The molecule has 8 rings (SSSR count). The normalized spacial score (nSPS) is 18.4. The summed E-state index contributed by atoms with van der Waals surface area (Å²) in [4.78, 5) is 38.9. The molecule has 3 atom stereocenters. The molecule has 6 aromatic rings. The van der Waals surface area contributed by atoms with Crippen molar-refractivity contribution in [2.45, 2.75) is 44.6 Å². The molecule has 266 valence electrons. The van der Waals surface area contributed by atoms with Gasteiger partial charge in [-0.05, 0) is 75.1 Å². The van der Waals surface area contributed by atoms with Crippen molar-refractivity contribution in [2.75, 3.05) is 13.6 Å². The van der Waals surface area contributed by atoms with Crippen molar-refractivity contribution >= 4 is 39.4 Å². The maximum absolute atomic E-state index is 12.9. The first-order chi connectivity index (χ1) is 25.8. The fourth-order valence-corrected chi connectivity index (χ4v) is 7.30. The number of hydrogen-bond donors (Lipinski definition) is 2. The smallest absolute Gasteiger partial charge is 0.346 e. The monoisotopic (exact) mass is 706 g/mol. The van der Waals surface area contributed by atoms with E-state index in [0.717, 1.165) is 28.8 Å². The number of rotatable bonds is 10. The van der Waals surface area contributed by atoms with Gasteiger partial charge in [-0.1, -0.05) is 97.1 Å². The summed E-state index contributed by atoms with van der Waals surface area (Å²) in [5.74, 6) is -1.83. The topological polar surface area (TPSA) is 114 Å². The number of nitrogens with zero attached hydrogens (tertiary/aromatic N) is 1. The zero-order valence-corrected chi connectivity index (χ0v) is 29.2. The summed E-state index contributed by atoms with van der Waals surface area (Å²) in [5, 5.41) is 17.4. The Kier molecular flexibility index (Phi) is 9.55. The summed E-state index contributed by atoms with van der Waals surface area (Å²) in [6.07, 6.45) is -0.326. The van der Waals surface area contributed by atoms with Crippen LogP contribution < -0.4 is 5.32 Å². The Labute approximate surface area is 306 Å². The van der Waals surface area contributed by atoms with Gasteiger partial charge in [0.05, 0.1) is 29.9 Å². The Morgan fingerprint density at radius 2 is 1.40 bits per heavy atom. The second-order valence-corrected chi connectivity index (χ2v) is 13.7. The zero-order valence-electron chi connectivity index (χ0n) is 29.2. The molecule has 0 bridgehead atoms. The van der Waals surface area contributed by atoms with Crippen LogP contribution in [0.25, 0.3) is 21.5 Å². The third kappa shape index (κ3) is 7.20. The lowest BCUT2D eigenvalue weighted by Crippen LogP contribution is -2.37. The van der Waals surface area contributed by atoms with Gasteiger partial charge in [-0.2, -0.15) is 0 Å². The second-order valence-electron chi connectivity index (χ2n) is 13.7. The maximum atomic E-state index is 12.9. The van der Waals surface area contributed by atoms with E-state index in [0.29, 0.717) is 13.0 Å². The van der Waals surface area contributed by atoms with E-state index in [9.17, 15) is 19.5 Å². The third-order valence-electron chi connectivity index (χ3n) is 10.1. The average Bonchev–Trinajstić information content (AvgIpc) is 3.48. The molecule has 0 radical (unpaired) electrons. The van der Waals surface area contributed by atoms with Crippen LogP contribution in [0, 0.1) is 0 Å². The van der Waals surface area contributed by atoms with E-state index in [2.05, 4.69) is 76.6 Å². The predicted octanol–water partition coefficient (Wildman–Crippen LogP) is 7.40. The van der Waals surface area contributed by atoms with Crippen molar-refractivity contribution in [2.24, 2.45) is 0 Å². The molecule has 0 aromatic heterocycles. The molecule has 0 saturated carbocycles. The van der Waals surface area contributed by atoms with Crippen LogP contribution in [0.2, 0.25) is 0 Å². The van der Waals surface area contributed by atoms with Crippen LogP contribution in [-0.2, 0) is 33.9 Å². The average molecular weight is 707 g/mol. The summed E-state index contributed by atoms with van der Waals surface area (Å²) in [5.41, 5.74) is 5.38. The number of esters is 2. The lowest BCUT2D eigenvalue weighted by atomic mass is 9.96. The van der Waals surface area contributed by atoms with Crippen LogP contribution in [0.5, 0.6) is 0 Å². The number of amides is 1. The van der Waals surface area contributed by atoms with Gasteiger partial charge >= 0.3 is 11.9 Å². The molecule has 9 heteroatoms. The largest absolute Gasteiger partial charge is 0.392 e. The molecule has 1 amide bonds. The van der Waals surface area contributed by atoms with Crippen LogP contribution in [-0.4, -0.2) is 47.5 Å². The van der Waals surface area contributed by atoms with Crippen molar-refractivity contribution in [3.8, 4) is 0 Å². The minimum Gasteiger partial charge on any atom is -0.392 e. The highest BCUT2D eigenvalue weighted by atomic mass is 16.7. The minimum absolute atomic E-state index is 0.0242. The lowest BCUT2D eigenvalue weighted by molar-refractivity contribution is -0.252. The number of ether oxygens (including phenoxy) is 3. The van der Waals surface area contributed by atoms with E-state index in [1.54, 1.807) is 0 Å². The third-order valence-corrected chi connectivity index (χ3v) is 10.1. The lowest BCUT2D eigenvalue weighted by Gasteiger charge is -2.38. The van der Waals surface area contributed by atoms with Gasteiger partial charge in [0.15, 0.2) is 6.29 Å². The number of aliphatic hydroxyl groups excluding tert-OH is 1. The van der Waals surface area contributed by atoms with Gasteiger partial charge in [-0.15, -0.1) is 0 Å². The Hall–Kier alpha value is -5.71. The van der Waals surface area contributed by atoms with E-state index in [4.69, 9.17) is 9.47 Å². The summed E-state index contributed by atoms with van der Waals surface area (Å²) in [6.45, 7) is 1.66. The van der Waals surface area contributed by atoms with Crippen LogP contribution in [0.4, 0.5) is 0 Å². The number of benzene rings is 6. The fraction of sp³-hybridized carbons (Fsp3) is 0.205. The molecule has 53 heavy (non-hydrogen) atoms. The quantitative estimate of drug-likeness (QED) is 0.0861. The molecular weight excluding hydrogens is 668 g/mol. The molecule has 9 nitrogen and oxygen atoms in total. The van der Waals surface area contributed by atoms with Gasteiger partial charge in [0, 0.05) is 37.2 Å². The molecule has 6 aromatic carbocycles. The molecule has 2 aliphatic rings. The van der Waals surface area contributed by atoms with Gasteiger partial charge in [0.1, 0.15) is 0 Å². The van der Waals surface area contributed by atoms with Crippen LogP contribution >= 0.6 is 0 Å². The van der Waals surface area contributed by atoms with Crippen molar-refractivity contribution in [1.29, 1.82) is 0 Å². The first-order valence-corrected chi connectivity index (χ1v) is 17.7. The van der Waals surface area contributed by atoms with Crippen molar-refractivity contribution in [3.05, 3.63) is 166 Å². The fourth-order valence-electron chi connectivity index (χ4n) is 7.30. The maximum Gasteiger partial charge on any atom is 0.346 e. The van der Waals surface area contributed by atoms with Gasteiger partial charge < -0.3 is 24.6 Å². The van der Waals surface area contributed by atoms with Gasteiger partial charge in [-0.25, -0.2) is 9.59 Å². The summed E-state index contributed by atoms with van der Waals surface area (Å²) < 4.78 is 17.9. The van der Waals surface area contributed by atoms with Crippen molar-refractivity contribution < 1.29 is 33.7 Å². The van der Waals surface area contributed by atoms with Crippen LogP contribution in [0.3, 0.4) is 0 Å². The molecule has 2 aliphatic heterocycles. The molecule has 2 heterocycles. The highest BCUT2D eigenvalue weighted by Crippen LogP contribution is 2.39. The summed E-state index contributed by atoms with van der Waals surface area (Å²) in [7, 11) is 2.13. The van der Waals surface area contributed by atoms with E-state index in [1.165, 1.54) is 45.3 Å². The molecule has 1 saturated heterocycles. The van der Waals surface area contributed by atoms with Crippen molar-refractivity contribution in [1.82, 2.24) is 10.2 Å². The number of carbonyl (C=O) groups is 3.